The maximum Gasteiger partial charge on any atom is 0.273 e. The van der Waals surface area contributed by atoms with Crippen molar-refractivity contribution in [1.82, 2.24) is 5.32 Å². The molecule has 0 bridgehead atoms. The zero-order valence-electron chi connectivity index (χ0n) is 16.5. The standard InChI is InChI=1S/C21H20ClFN2O3S3/c1-25(31(27,28)20-6-3-12-30-20)16-9-7-15(8-10-16)21(26)24-11-13-29-14-17-18(22)4-2-5-19(17)23/h2-10,12H,11,13-14H2,1H3,(H,24,26). The number of amides is 1. The monoisotopic (exact) mass is 498 g/mol. The zero-order chi connectivity index (χ0) is 22.4. The van der Waals surface area contributed by atoms with Gasteiger partial charge in [0.25, 0.3) is 15.9 Å². The van der Waals surface area contributed by atoms with Gasteiger partial charge in [-0.15, -0.1) is 11.3 Å². The first kappa shape index (κ1) is 23.6. The molecule has 3 rings (SSSR count). The molecule has 0 aliphatic heterocycles. The second kappa shape index (κ2) is 10.5. The van der Waals surface area contributed by atoms with Crippen LogP contribution >= 0.6 is 34.7 Å². The van der Waals surface area contributed by atoms with E-state index in [0.717, 1.165) is 11.3 Å². The molecule has 164 valence electrons. The van der Waals surface area contributed by atoms with Crippen LogP contribution in [0.5, 0.6) is 0 Å². The van der Waals surface area contributed by atoms with Crippen LogP contribution in [0.25, 0.3) is 0 Å². The Bertz CT molecular complexity index is 1120. The molecular weight excluding hydrogens is 479 g/mol. The van der Waals surface area contributed by atoms with Gasteiger partial charge in [0.2, 0.25) is 0 Å². The third-order valence-electron chi connectivity index (χ3n) is 4.44. The van der Waals surface area contributed by atoms with Crippen LogP contribution in [0.3, 0.4) is 0 Å². The average molecular weight is 499 g/mol. The molecular formula is C21H20ClFN2O3S3. The highest BCUT2D eigenvalue weighted by Crippen LogP contribution is 2.26. The minimum absolute atomic E-state index is 0.256. The molecule has 2 aromatic carbocycles. The predicted molar refractivity (Wildman–Crippen MR) is 126 cm³/mol. The van der Waals surface area contributed by atoms with Crippen LogP contribution in [-0.2, 0) is 15.8 Å². The first-order valence-corrected chi connectivity index (χ1v) is 13.1. The topological polar surface area (TPSA) is 66.5 Å². The second-order valence-corrected chi connectivity index (χ2v) is 11.1. The van der Waals surface area contributed by atoms with Gasteiger partial charge in [0.15, 0.2) is 0 Å². The Kier molecular flexibility index (Phi) is 7.99. The summed E-state index contributed by atoms with van der Waals surface area (Å²) in [6, 6.07) is 14.2. The van der Waals surface area contributed by atoms with Gasteiger partial charge < -0.3 is 5.32 Å². The average Bonchev–Trinajstić information content (AvgIpc) is 3.30. The summed E-state index contributed by atoms with van der Waals surface area (Å²) in [4.78, 5) is 12.3. The van der Waals surface area contributed by atoms with Gasteiger partial charge in [-0.05, 0) is 47.8 Å². The number of carbonyl (C=O) groups excluding carboxylic acids is 1. The lowest BCUT2D eigenvalue weighted by molar-refractivity contribution is 0.0956. The number of nitrogens with one attached hydrogen (secondary N) is 1. The van der Waals surface area contributed by atoms with Gasteiger partial charge in [-0.2, -0.15) is 11.8 Å². The summed E-state index contributed by atoms with van der Waals surface area (Å²) in [5, 5.41) is 4.90. The number of carbonyl (C=O) groups is 1. The van der Waals surface area contributed by atoms with E-state index in [1.165, 1.54) is 29.2 Å². The van der Waals surface area contributed by atoms with Crippen LogP contribution in [0.15, 0.2) is 64.2 Å². The van der Waals surface area contributed by atoms with E-state index in [1.54, 1.807) is 53.9 Å². The number of rotatable bonds is 9. The highest BCUT2D eigenvalue weighted by atomic mass is 35.5. The van der Waals surface area contributed by atoms with Gasteiger partial charge in [0.05, 0.1) is 5.69 Å². The number of hydrogen-bond donors (Lipinski definition) is 1. The number of sulfonamides is 1. The third kappa shape index (κ3) is 5.79. The number of thiophene rings is 1. The van der Waals surface area contributed by atoms with Crippen molar-refractivity contribution in [3.8, 4) is 0 Å². The van der Waals surface area contributed by atoms with E-state index in [-0.39, 0.29) is 15.9 Å². The van der Waals surface area contributed by atoms with Crippen molar-refractivity contribution >= 4 is 56.3 Å². The SMILES string of the molecule is CN(c1ccc(C(=O)NCCSCc2c(F)cccc2Cl)cc1)S(=O)(=O)c1cccs1. The number of benzene rings is 2. The van der Waals surface area contributed by atoms with E-state index in [0.29, 0.717) is 39.9 Å². The Balaban J connectivity index is 1.50. The molecule has 0 unspecified atom stereocenters. The molecule has 0 saturated heterocycles. The molecule has 1 heterocycles. The molecule has 0 saturated carbocycles. The molecule has 10 heteroatoms. The van der Waals surface area contributed by atoms with E-state index in [4.69, 9.17) is 11.6 Å². The van der Waals surface area contributed by atoms with Crippen molar-refractivity contribution < 1.29 is 17.6 Å². The molecule has 0 radical (unpaired) electrons. The molecule has 0 atom stereocenters. The van der Waals surface area contributed by atoms with Crippen LogP contribution in [-0.4, -0.2) is 33.7 Å². The van der Waals surface area contributed by atoms with E-state index < -0.39 is 10.0 Å². The molecule has 0 fully saturated rings. The van der Waals surface area contributed by atoms with Crippen LogP contribution in [0.4, 0.5) is 10.1 Å². The molecule has 0 aliphatic rings. The lowest BCUT2D eigenvalue weighted by Crippen LogP contribution is -2.27. The van der Waals surface area contributed by atoms with Gasteiger partial charge in [-0.3, -0.25) is 9.10 Å². The van der Waals surface area contributed by atoms with Gasteiger partial charge in [-0.1, -0.05) is 23.7 Å². The van der Waals surface area contributed by atoms with Crippen LogP contribution in [0.2, 0.25) is 5.02 Å². The Morgan fingerprint density at radius 1 is 1.16 bits per heavy atom. The molecule has 31 heavy (non-hydrogen) atoms. The molecule has 3 aromatic rings. The lowest BCUT2D eigenvalue weighted by Gasteiger charge is -2.18. The fourth-order valence-electron chi connectivity index (χ4n) is 2.69. The number of halogens is 2. The fraction of sp³-hybridized carbons (Fsp3) is 0.190. The predicted octanol–water partition coefficient (Wildman–Crippen LogP) is 5.03. The van der Waals surface area contributed by atoms with E-state index in [9.17, 15) is 17.6 Å². The molecule has 0 aliphatic carbocycles. The first-order chi connectivity index (χ1) is 14.8. The summed E-state index contributed by atoms with van der Waals surface area (Å²) in [7, 11) is -2.14. The van der Waals surface area contributed by atoms with E-state index in [2.05, 4.69) is 5.32 Å². The summed E-state index contributed by atoms with van der Waals surface area (Å²) in [5.41, 5.74) is 1.34. The Morgan fingerprint density at radius 2 is 1.90 bits per heavy atom. The van der Waals surface area contributed by atoms with Crippen LogP contribution in [0.1, 0.15) is 15.9 Å². The summed E-state index contributed by atoms with van der Waals surface area (Å²) in [6.45, 7) is 0.407. The Hall–Kier alpha value is -2.07. The van der Waals surface area contributed by atoms with Crippen molar-refractivity contribution in [2.75, 3.05) is 23.7 Å². The van der Waals surface area contributed by atoms with Gasteiger partial charge in [0, 0.05) is 41.2 Å². The van der Waals surface area contributed by atoms with Gasteiger partial charge in [-0.25, -0.2) is 12.8 Å². The highest BCUT2D eigenvalue weighted by Gasteiger charge is 2.22. The minimum Gasteiger partial charge on any atom is -0.351 e. The van der Waals surface area contributed by atoms with Crippen LogP contribution in [0, 0.1) is 5.82 Å². The maximum absolute atomic E-state index is 13.7. The quantitative estimate of drug-likeness (QED) is 0.420. The van der Waals surface area contributed by atoms with Gasteiger partial charge in [0.1, 0.15) is 10.0 Å². The number of hydrogen-bond acceptors (Lipinski definition) is 5. The summed E-state index contributed by atoms with van der Waals surface area (Å²) < 4.78 is 40.4. The lowest BCUT2D eigenvalue weighted by atomic mass is 10.2. The summed E-state index contributed by atoms with van der Waals surface area (Å²) in [5.74, 6) is 0.409. The van der Waals surface area contributed by atoms with Crippen molar-refractivity contribution in [1.29, 1.82) is 0 Å². The maximum atomic E-state index is 13.7. The number of anilines is 1. The normalized spacial score (nSPS) is 11.3. The molecule has 0 spiro atoms. The second-order valence-electron chi connectivity index (χ2n) is 6.46. The first-order valence-electron chi connectivity index (χ1n) is 9.22. The highest BCUT2D eigenvalue weighted by molar-refractivity contribution is 7.98. The van der Waals surface area contributed by atoms with Crippen molar-refractivity contribution in [3.63, 3.8) is 0 Å². The van der Waals surface area contributed by atoms with E-state index in [1.807, 2.05) is 0 Å². The Morgan fingerprint density at radius 3 is 2.55 bits per heavy atom. The van der Waals surface area contributed by atoms with Crippen molar-refractivity contribution in [2.45, 2.75) is 9.96 Å². The molecule has 1 amide bonds. The minimum atomic E-state index is -3.62. The van der Waals surface area contributed by atoms with Gasteiger partial charge >= 0.3 is 0 Å². The zero-order valence-corrected chi connectivity index (χ0v) is 19.8. The molecule has 5 nitrogen and oxygen atoms in total. The summed E-state index contributed by atoms with van der Waals surface area (Å²) >= 11 is 8.62. The number of nitrogens with zero attached hydrogens (tertiary/aromatic N) is 1. The van der Waals surface area contributed by atoms with Crippen molar-refractivity contribution in [2.24, 2.45) is 0 Å². The van der Waals surface area contributed by atoms with E-state index >= 15 is 0 Å². The molecule has 1 N–H and O–H groups in total. The Labute approximate surface area is 194 Å². The molecule has 1 aromatic heterocycles. The summed E-state index contributed by atoms with van der Waals surface area (Å²) in [6.07, 6.45) is 0. The fourth-order valence-corrected chi connectivity index (χ4v) is 6.24. The smallest absolute Gasteiger partial charge is 0.273 e. The number of thioether (sulfide) groups is 1. The van der Waals surface area contributed by atoms with Crippen molar-refractivity contribution in [3.05, 3.63) is 81.9 Å². The third-order valence-corrected chi connectivity index (χ3v) is 8.94. The van der Waals surface area contributed by atoms with Crippen LogP contribution < -0.4 is 9.62 Å². The largest absolute Gasteiger partial charge is 0.351 e.